The van der Waals surface area contributed by atoms with Crippen LogP contribution in [0.4, 0.5) is 0 Å². The third-order valence-electron chi connectivity index (χ3n) is 4.34. The highest BCUT2D eigenvalue weighted by molar-refractivity contribution is 5.38. The van der Waals surface area contributed by atoms with Gasteiger partial charge in [-0.05, 0) is 36.3 Å². The van der Waals surface area contributed by atoms with E-state index in [4.69, 9.17) is 0 Å². The van der Waals surface area contributed by atoms with Gasteiger partial charge in [-0.15, -0.1) is 0 Å². The van der Waals surface area contributed by atoms with Crippen LogP contribution in [0.3, 0.4) is 0 Å². The summed E-state index contributed by atoms with van der Waals surface area (Å²) in [4.78, 5) is 0. The minimum absolute atomic E-state index is 0.0639. The Balaban J connectivity index is 2.30. The Morgan fingerprint density at radius 2 is 1.89 bits per heavy atom. The van der Waals surface area contributed by atoms with Gasteiger partial charge in [-0.25, -0.2) is 0 Å². The highest BCUT2D eigenvalue weighted by atomic mass is 16.3. The molecule has 1 aromatic carbocycles. The van der Waals surface area contributed by atoms with Crippen molar-refractivity contribution in [3.63, 3.8) is 0 Å². The van der Waals surface area contributed by atoms with E-state index in [1.807, 2.05) is 6.92 Å². The third-order valence-corrected chi connectivity index (χ3v) is 4.34. The SMILES string of the molecule is CC(CO)(CO)NC1CCC(C)(C)c2ccccc21. The zero-order valence-electron chi connectivity index (χ0n) is 12.1. The van der Waals surface area contributed by atoms with Crippen molar-refractivity contribution in [2.24, 2.45) is 0 Å². The van der Waals surface area contributed by atoms with Crippen molar-refractivity contribution in [3.05, 3.63) is 35.4 Å². The van der Waals surface area contributed by atoms with E-state index in [9.17, 15) is 10.2 Å². The molecule has 0 aliphatic heterocycles. The van der Waals surface area contributed by atoms with E-state index in [-0.39, 0.29) is 24.7 Å². The summed E-state index contributed by atoms with van der Waals surface area (Å²) in [5.41, 5.74) is 2.24. The van der Waals surface area contributed by atoms with Crippen LogP contribution in [0.25, 0.3) is 0 Å². The van der Waals surface area contributed by atoms with Crippen LogP contribution in [0, 0.1) is 0 Å². The van der Waals surface area contributed by atoms with Gasteiger partial charge in [0.25, 0.3) is 0 Å². The molecule has 1 aliphatic rings. The van der Waals surface area contributed by atoms with Crippen molar-refractivity contribution in [1.29, 1.82) is 0 Å². The maximum atomic E-state index is 9.44. The summed E-state index contributed by atoms with van der Waals surface area (Å²) in [5, 5.41) is 22.3. The summed E-state index contributed by atoms with van der Waals surface area (Å²) >= 11 is 0. The summed E-state index contributed by atoms with van der Waals surface area (Å²) in [7, 11) is 0. The van der Waals surface area contributed by atoms with Gasteiger partial charge in [0.15, 0.2) is 0 Å². The Hall–Kier alpha value is -0.900. The van der Waals surface area contributed by atoms with Crippen molar-refractivity contribution in [1.82, 2.24) is 5.32 Å². The number of rotatable bonds is 4. The van der Waals surface area contributed by atoms with Gasteiger partial charge in [0.05, 0.1) is 18.8 Å². The highest BCUT2D eigenvalue weighted by Gasteiger charge is 2.35. The first-order chi connectivity index (χ1) is 8.92. The fourth-order valence-electron chi connectivity index (χ4n) is 2.92. The van der Waals surface area contributed by atoms with Crippen molar-refractivity contribution in [3.8, 4) is 0 Å². The molecule has 3 heteroatoms. The first-order valence-electron chi connectivity index (χ1n) is 7.01. The predicted molar refractivity (Wildman–Crippen MR) is 77.2 cm³/mol. The van der Waals surface area contributed by atoms with Crippen LogP contribution >= 0.6 is 0 Å². The summed E-state index contributed by atoms with van der Waals surface area (Å²) in [6.07, 6.45) is 2.13. The molecule has 0 amide bonds. The zero-order valence-corrected chi connectivity index (χ0v) is 12.1. The van der Waals surface area contributed by atoms with E-state index in [0.29, 0.717) is 0 Å². The van der Waals surface area contributed by atoms with Gasteiger partial charge >= 0.3 is 0 Å². The van der Waals surface area contributed by atoms with E-state index >= 15 is 0 Å². The molecule has 2 rings (SSSR count). The second kappa shape index (κ2) is 5.23. The summed E-state index contributed by atoms with van der Waals surface area (Å²) < 4.78 is 0. The number of fused-ring (bicyclic) bond motifs is 1. The molecule has 0 aromatic heterocycles. The van der Waals surface area contributed by atoms with E-state index in [2.05, 4.69) is 43.4 Å². The smallest absolute Gasteiger partial charge is 0.0633 e. The molecule has 3 N–H and O–H groups in total. The lowest BCUT2D eigenvalue weighted by Crippen LogP contribution is -2.51. The minimum atomic E-state index is -0.626. The van der Waals surface area contributed by atoms with E-state index < -0.39 is 5.54 Å². The Kier molecular flexibility index (Phi) is 4.00. The Labute approximate surface area is 115 Å². The standard InChI is InChI=1S/C16H25NO2/c1-15(2)9-8-14(17-16(3,10-18)11-19)12-6-4-5-7-13(12)15/h4-7,14,17-19H,8-11H2,1-3H3. The molecule has 1 unspecified atom stereocenters. The van der Waals surface area contributed by atoms with E-state index in [0.717, 1.165) is 12.8 Å². The van der Waals surface area contributed by atoms with Gasteiger partial charge in [0.1, 0.15) is 0 Å². The molecule has 0 heterocycles. The average molecular weight is 263 g/mol. The van der Waals surface area contributed by atoms with Gasteiger partial charge in [-0.2, -0.15) is 0 Å². The van der Waals surface area contributed by atoms with Gasteiger partial charge in [-0.1, -0.05) is 38.1 Å². The van der Waals surface area contributed by atoms with Crippen LogP contribution in [-0.2, 0) is 5.41 Å². The zero-order chi connectivity index (χ0) is 14.1. The molecular weight excluding hydrogens is 238 g/mol. The predicted octanol–water partition coefficient (Wildman–Crippen LogP) is 2.13. The van der Waals surface area contributed by atoms with Gasteiger partial charge < -0.3 is 15.5 Å². The molecule has 3 nitrogen and oxygen atoms in total. The fraction of sp³-hybridized carbons (Fsp3) is 0.625. The summed E-state index contributed by atoms with van der Waals surface area (Å²) in [6, 6.07) is 8.69. The monoisotopic (exact) mass is 263 g/mol. The molecule has 0 radical (unpaired) electrons. The lowest BCUT2D eigenvalue weighted by Gasteiger charge is -2.41. The molecular formula is C16H25NO2. The van der Waals surface area contributed by atoms with Crippen LogP contribution in [0.5, 0.6) is 0 Å². The van der Waals surface area contributed by atoms with Crippen molar-refractivity contribution < 1.29 is 10.2 Å². The molecule has 0 saturated carbocycles. The molecule has 1 aromatic rings. The van der Waals surface area contributed by atoms with E-state index in [1.54, 1.807) is 0 Å². The van der Waals surface area contributed by atoms with Crippen LogP contribution in [-0.4, -0.2) is 29.0 Å². The van der Waals surface area contributed by atoms with Crippen molar-refractivity contribution in [2.75, 3.05) is 13.2 Å². The number of nitrogens with one attached hydrogen (secondary N) is 1. The second-order valence-corrected chi connectivity index (χ2v) is 6.58. The number of aliphatic hydroxyl groups excluding tert-OH is 2. The molecule has 0 fully saturated rings. The number of aliphatic hydroxyl groups is 2. The minimum Gasteiger partial charge on any atom is -0.394 e. The average Bonchev–Trinajstić information content (AvgIpc) is 2.42. The van der Waals surface area contributed by atoms with Crippen LogP contribution < -0.4 is 5.32 Å². The number of hydrogen-bond donors (Lipinski definition) is 3. The van der Waals surface area contributed by atoms with Gasteiger partial charge in [0, 0.05) is 6.04 Å². The Bertz CT molecular complexity index is 438. The Morgan fingerprint density at radius 3 is 2.53 bits per heavy atom. The molecule has 1 atom stereocenters. The maximum Gasteiger partial charge on any atom is 0.0633 e. The third kappa shape index (κ3) is 2.83. The molecule has 19 heavy (non-hydrogen) atoms. The van der Waals surface area contributed by atoms with Crippen LogP contribution in [0.15, 0.2) is 24.3 Å². The lowest BCUT2D eigenvalue weighted by atomic mass is 9.70. The molecule has 0 bridgehead atoms. The number of benzene rings is 1. The lowest BCUT2D eigenvalue weighted by molar-refractivity contribution is 0.0897. The first kappa shape index (κ1) is 14.5. The first-order valence-corrected chi connectivity index (χ1v) is 7.01. The largest absolute Gasteiger partial charge is 0.394 e. The molecule has 1 aliphatic carbocycles. The molecule has 106 valence electrons. The Morgan fingerprint density at radius 1 is 1.26 bits per heavy atom. The normalized spacial score (nSPS) is 22.1. The molecule has 0 spiro atoms. The second-order valence-electron chi connectivity index (χ2n) is 6.58. The number of hydrogen-bond acceptors (Lipinski definition) is 3. The van der Waals surface area contributed by atoms with Crippen molar-refractivity contribution in [2.45, 2.75) is 50.6 Å². The summed E-state index contributed by atoms with van der Waals surface area (Å²) in [5.74, 6) is 0. The highest BCUT2D eigenvalue weighted by Crippen LogP contribution is 2.41. The maximum absolute atomic E-state index is 9.44. The fourth-order valence-corrected chi connectivity index (χ4v) is 2.92. The van der Waals surface area contributed by atoms with Crippen LogP contribution in [0.1, 0.15) is 50.8 Å². The topological polar surface area (TPSA) is 52.5 Å². The van der Waals surface area contributed by atoms with Gasteiger partial charge in [-0.3, -0.25) is 0 Å². The summed E-state index contributed by atoms with van der Waals surface area (Å²) in [6.45, 7) is 6.28. The van der Waals surface area contributed by atoms with Gasteiger partial charge in [0.2, 0.25) is 0 Å². The quantitative estimate of drug-likeness (QED) is 0.780. The molecule has 0 saturated heterocycles. The van der Waals surface area contributed by atoms with Crippen LogP contribution in [0.2, 0.25) is 0 Å². The van der Waals surface area contributed by atoms with Crippen molar-refractivity contribution >= 4 is 0 Å². The van der Waals surface area contributed by atoms with E-state index in [1.165, 1.54) is 11.1 Å².